The summed E-state index contributed by atoms with van der Waals surface area (Å²) in [5.41, 5.74) is 0. The Bertz CT molecular complexity index is 639. The number of ether oxygens (including phenoxy) is 5. The van der Waals surface area contributed by atoms with Crippen LogP contribution in [0.3, 0.4) is 0 Å². The molecule has 6 unspecified atom stereocenters. The Kier molecular flexibility index (Phi) is 9.57. The van der Waals surface area contributed by atoms with Crippen LogP contribution in [-0.4, -0.2) is 163 Å². The molecule has 0 aromatic rings. The number of hydrogen-bond acceptors (Lipinski definition) is 15. The lowest BCUT2D eigenvalue weighted by molar-refractivity contribution is -0.373. The van der Waals surface area contributed by atoms with Crippen LogP contribution in [-0.2, 0) is 23.7 Å². The fourth-order valence-corrected chi connectivity index (χ4v) is 4.25. The maximum absolute atomic E-state index is 10.8. The van der Waals surface area contributed by atoms with E-state index in [2.05, 4.69) is 0 Å². The second kappa shape index (κ2) is 11.6. The second-order valence-electron chi connectivity index (χ2n) is 8.65. The zero-order valence-electron chi connectivity index (χ0n) is 18.3. The van der Waals surface area contributed by atoms with E-state index in [1.54, 1.807) is 0 Å². The highest BCUT2D eigenvalue weighted by molar-refractivity contribution is 4.96. The van der Waals surface area contributed by atoms with E-state index in [9.17, 15) is 51.1 Å². The van der Waals surface area contributed by atoms with Gasteiger partial charge >= 0.3 is 0 Å². The standard InChI is InChI=1S/C19H34O15/c1-5-9(23)16(11(25)7(3-21)30-5)33-19-15(29)17(12(26)8(4-22)32-19)34-18-14(28)13(27)10(24)6(2-20)31-18/h5-29H,2-4H2,1H3/t5-,6?,7?,8?,9?,10+,11+,12+,13-,14?,15?,16+,17-,18-,19-/m0/s1. The third-order valence-corrected chi connectivity index (χ3v) is 6.36. The largest absolute Gasteiger partial charge is 0.394 e. The van der Waals surface area contributed by atoms with E-state index in [0.29, 0.717) is 0 Å². The Labute approximate surface area is 194 Å². The lowest BCUT2D eigenvalue weighted by Crippen LogP contribution is -2.66. The molecule has 0 radical (unpaired) electrons. The summed E-state index contributed by atoms with van der Waals surface area (Å²) in [6.45, 7) is -0.624. The molecule has 0 saturated carbocycles. The summed E-state index contributed by atoms with van der Waals surface area (Å²) in [5, 5.41) is 101. The van der Waals surface area contributed by atoms with Crippen molar-refractivity contribution in [2.24, 2.45) is 0 Å². The van der Waals surface area contributed by atoms with Crippen LogP contribution < -0.4 is 0 Å². The Morgan fingerprint density at radius 3 is 1.41 bits per heavy atom. The summed E-state index contributed by atoms with van der Waals surface area (Å²) in [6, 6.07) is 0. The Balaban J connectivity index is 1.78. The molecule has 0 aromatic heterocycles. The van der Waals surface area contributed by atoms with Crippen molar-refractivity contribution in [3.63, 3.8) is 0 Å². The van der Waals surface area contributed by atoms with Gasteiger partial charge in [-0.1, -0.05) is 0 Å². The maximum atomic E-state index is 10.8. The zero-order chi connectivity index (χ0) is 25.3. The highest BCUT2D eigenvalue weighted by Gasteiger charge is 2.53. The van der Waals surface area contributed by atoms with Crippen LogP contribution in [0.5, 0.6) is 0 Å². The molecule has 15 atom stereocenters. The van der Waals surface area contributed by atoms with Crippen molar-refractivity contribution in [1.29, 1.82) is 0 Å². The minimum Gasteiger partial charge on any atom is -0.394 e. The summed E-state index contributed by atoms with van der Waals surface area (Å²) < 4.78 is 27.0. The van der Waals surface area contributed by atoms with Crippen LogP contribution in [0.25, 0.3) is 0 Å². The molecular weight excluding hydrogens is 468 g/mol. The second-order valence-corrected chi connectivity index (χ2v) is 8.65. The van der Waals surface area contributed by atoms with Crippen molar-refractivity contribution in [1.82, 2.24) is 0 Å². The minimum atomic E-state index is -1.84. The molecule has 10 N–H and O–H groups in total. The van der Waals surface area contributed by atoms with Gasteiger partial charge in [-0.15, -0.1) is 0 Å². The van der Waals surface area contributed by atoms with Crippen LogP contribution in [0.15, 0.2) is 0 Å². The van der Waals surface area contributed by atoms with Crippen LogP contribution in [0.4, 0.5) is 0 Å². The Morgan fingerprint density at radius 1 is 0.500 bits per heavy atom. The molecule has 3 saturated heterocycles. The normalized spacial score (nSPS) is 52.5. The van der Waals surface area contributed by atoms with Crippen molar-refractivity contribution in [2.45, 2.75) is 98.9 Å². The van der Waals surface area contributed by atoms with Crippen molar-refractivity contribution in [2.75, 3.05) is 19.8 Å². The lowest BCUT2D eigenvalue weighted by Gasteiger charge is -2.48. The van der Waals surface area contributed by atoms with Gasteiger partial charge in [-0.25, -0.2) is 0 Å². The monoisotopic (exact) mass is 502 g/mol. The van der Waals surface area contributed by atoms with Gasteiger partial charge in [0.25, 0.3) is 0 Å². The van der Waals surface area contributed by atoms with Crippen LogP contribution in [0.2, 0.25) is 0 Å². The van der Waals surface area contributed by atoms with Gasteiger partial charge in [0.15, 0.2) is 12.6 Å². The summed E-state index contributed by atoms with van der Waals surface area (Å²) in [6.07, 6.45) is -22.9. The summed E-state index contributed by atoms with van der Waals surface area (Å²) in [7, 11) is 0. The Hall–Kier alpha value is -0.600. The van der Waals surface area contributed by atoms with E-state index in [-0.39, 0.29) is 0 Å². The molecule has 200 valence electrons. The van der Waals surface area contributed by atoms with Crippen molar-refractivity contribution < 1.29 is 74.7 Å². The van der Waals surface area contributed by atoms with Crippen LogP contribution in [0, 0.1) is 0 Å². The highest BCUT2D eigenvalue weighted by Crippen LogP contribution is 2.32. The quantitative estimate of drug-likeness (QED) is 0.155. The zero-order valence-corrected chi connectivity index (χ0v) is 18.3. The Morgan fingerprint density at radius 2 is 0.912 bits per heavy atom. The predicted octanol–water partition coefficient (Wildman–Crippen LogP) is -6.50. The van der Waals surface area contributed by atoms with Crippen molar-refractivity contribution >= 4 is 0 Å². The molecule has 34 heavy (non-hydrogen) atoms. The van der Waals surface area contributed by atoms with Gasteiger partial charge in [0.05, 0.1) is 25.9 Å². The van der Waals surface area contributed by atoms with E-state index in [1.807, 2.05) is 0 Å². The number of aliphatic hydroxyl groups is 10. The maximum Gasteiger partial charge on any atom is 0.187 e. The molecule has 0 bridgehead atoms. The number of rotatable bonds is 7. The predicted molar refractivity (Wildman–Crippen MR) is 105 cm³/mol. The summed E-state index contributed by atoms with van der Waals surface area (Å²) in [4.78, 5) is 0. The molecule has 0 aromatic carbocycles. The van der Waals surface area contributed by atoms with E-state index in [0.717, 1.165) is 0 Å². The molecule has 15 heteroatoms. The third-order valence-electron chi connectivity index (χ3n) is 6.36. The molecule has 3 heterocycles. The van der Waals surface area contributed by atoms with Gasteiger partial charge in [-0.05, 0) is 6.92 Å². The van der Waals surface area contributed by atoms with Gasteiger partial charge < -0.3 is 74.7 Å². The van der Waals surface area contributed by atoms with E-state index < -0.39 is 112 Å². The van der Waals surface area contributed by atoms with Crippen LogP contribution in [0.1, 0.15) is 6.92 Å². The number of hydrogen-bond donors (Lipinski definition) is 10. The summed E-state index contributed by atoms with van der Waals surface area (Å²) >= 11 is 0. The first-order chi connectivity index (χ1) is 16.0. The lowest BCUT2D eigenvalue weighted by atomic mass is 9.94. The van der Waals surface area contributed by atoms with Gasteiger partial charge in [-0.2, -0.15) is 0 Å². The molecule has 3 aliphatic heterocycles. The SMILES string of the molecule is C[C@@H]1OC(CO)[C@@H](O)[C@H](O[C@@H]2OC(CO)[C@@H](O)[C@H](O[C@@H]3OC(CO)[C@@H](O)[C@H](O)C3O)C2O)C1O. The minimum absolute atomic E-state index is 0.590. The molecule has 15 nitrogen and oxygen atoms in total. The molecule has 0 aliphatic carbocycles. The first-order valence-corrected chi connectivity index (χ1v) is 10.9. The number of aliphatic hydroxyl groups excluding tert-OH is 10. The first kappa shape index (κ1) is 28.0. The molecule has 0 spiro atoms. The topological polar surface area (TPSA) is 248 Å². The van der Waals surface area contributed by atoms with Crippen molar-refractivity contribution in [3.05, 3.63) is 0 Å². The fourth-order valence-electron chi connectivity index (χ4n) is 4.25. The highest BCUT2D eigenvalue weighted by atomic mass is 16.7. The average Bonchev–Trinajstić information content (AvgIpc) is 2.82. The fraction of sp³-hybridized carbons (Fsp3) is 1.00. The molecule has 0 amide bonds. The molecule has 3 fully saturated rings. The van der Waals surface area contributed by atoms with Gasteiger partial charge in [-0.3, -0.25) is 0 Å². The molecular formula is C19H34O15. The van der Waals surface area contributed by atoms with E-state index >= 15 is 0 Å². The van der Waals surface area contributed by atoms with E-state index in [1.165, 1.54) is 6.92 Å². The first-order valence-electron chi connectivity index (χ1n) is 10.9. The van der Waals surface area contributed by atoms with Gasteiger partial charge in [0.1, 0.15) is 73.2 Å². The van der Waals surface area contributed by atoms with Gasteiger partial charge in [0, 0.05) is 0 Å². The van der Waals surface area contributed by atoms with Crippen molar-refractivity contribution in [3.8, 4) is 0 Å². The third kappa shape index (κ3) is 5.39. The molecule has 3 rings (SSSR count). The molecule has 3 aliphatic rings. The van der Waals surface area contributed by atoms with E-state index in [4.69, 9.17) is 23.7 Å². The smallest absolute Gasteiger partial charge is 0.187 e. The average molecular weight is 502 g/mol. The summed E-state index contributed by atoms with van der Waals surface area (Å²) in [5.74, 6) is 0. The van der Waals surface area contributed by atoms with Crippen LogP contribution >= 0.6 is 0 Å². The van der Waals surface area contributed by atoms with Gasteiger partial charge in [0.2, 0.25) is 0 Å².